The third kappa shape index (κ3) is 3.73. The number of carbonyl (C=O) groups excluding carboxylic acids is 1. The van der Waals surface area contributed by atoms with Crippen molar-refractivity contribution in [1.29, 1.82) is 0 Å². The smallest absolute Gasteiger partial charge is 0.254 e. The lowest BCUT2D eigenvalue weighted by atomic mass is 10.1. The predicted octanol–water partition coefficient (Wildman–Crippen LogP) is 2.41. The number of amides is 1. The Morgan fingerprint density at radius 1 is 1.25 bits per heavy atom. The summed E-state index contributed by atoms with van der Waals surface area (Å²) in [4.78, 5) is 31.5. The van der Waals surface area contributed by atoms with E-state index in [9.17, 15) is 9.59 Å². The van der Waals surface area contributed by atoms with Crippen molar-refractivity contribution in [3.63, 3.8) is 0 Å². The highest BCUT2D eigenvalue weighted by Gasteiger charge is 2.33. The molecule has 148 valence electrons. The standard InChI is InChI=1S/C20H23N3O4S/c1-26-14-5-6-17(27-2)15(9-14)20-23(7-8-28-20)19(25)11-22-12-21-16(10-18(22)24)13-3-4-13/h5-6,9-10,12-13,20H,3-4,7-8,11H2,1-2H3. The molecule has 0 bridgehead atoms. The zero-order valence-corrected chi connectivity index (χ0v) is 16.8. The van der Waals surface area contributed by atoms with Gasteiger partial charge in [-0.05, 0) is 31.0 Å². The van der Waals surface area contributed by atoms with Crippen LogP contribution >= 0.6 is 11.8 Å². The molecular weight excluding hydrogens is 378 g/mol. The summed E-state index contributed by atoms with van der Waals surface area (Å²) < 4.78 is 12.2. The third-order valence-corrected chi connectivity index (χ3v) is 6.36. The van der Waals surface area contributed by atoms with Gasteiger partial charge in [0.15, 0.2) is 0 Å². The van der Waals surface area contributed by atoms with Gasteiger partial charge in [-0.15, -0.1) is 11.8 Å². The highest BCUT2D eigenvalue weighted by atomic mass is 32.2. The molecule has 2 heterocycles. The number of nitrogens with zero attached hydrogens (tertiary/aromatic N) is 3. The molecular formula is C20H23N3O4S. The van der Waals surface area contributed by atoms with E-state index < -0.39 is 0 Å². The van der Waals surface area contributed by atoms with Gasteiger partial charge in [-0.1, -0.05) is 0 Å². The molecule has 28 heavy (non-hydrogen) atoms. The van der Waals surface area contributed by atoms with Crippen molar-refractivity contribution in [2.45, 2.75) is 30.7 Å². The number of thioether (sulfide) groups is 1. The maximum absolute atomic E-state index is 13.0. The number of rotatable bonds is 6. The lowest BCUT2D eigenvalue weighted by Crippen LogP contribution is -2.36. The number of hydrogen-bond acceptors (Lipinski definition) is 6. The van der Waals surface area contributed by atoms with E-state index >= 15 is 0 Å². The minimum absolute atomic E-state index is 0.0138. The largest absolute Gasteiger partial charge is 0.497 e. The van der Waals surface area contributed by atoms with Crippen LogP contribution < -0.4 is 15.0 Å². The van der Waals surface area contributed by atoms with E-state index in [2.05, 4.69) is 4.98 Å². The molecule has 1 saturated carbocycles. The number of ether oxygens (including phenoxy) is 2. The molecule has 1 atom stereocenters. The average Bonchev–Trinajstić information content (AvgIpc) is 3.45. The Kier molecular flexibility index (Phi) is 5.30. The first-order valence-electron chi connectivity index (χ1n) is 9.30. The first-order chi connectivity index (χ1) is 13.6. The molecule has 1 aliphatic heterocycles. The van der Waals surface area contributed by atoms with Gasteiger partial charge in [0.05, 0.1) is 26.2 Å². The van der Waals surface area contributed by atoms with Gasteiger partial charge in [0, 0.05) is 29.8 Å². The molecule has 2 aliphatic rings. The van der Waals surface area contributed by atoms with Crippen molar-refractivity contribution in [2.75, 3.05) is 26.5 Å². The second-order valence-electron chi connectivity index (χ2n) is 6.97. The summed E-state index contributed by atoms with van der Waals surface area (Å²) in [5.74, 6) is 2.56. The van der Waals surface area contributed by atoms with Crippen LogP contribution in [0.4, 0.5) is 0 Å². The summed E-state index contributed by atoms with van der Waals surface area (Å²) in [5.41, 5.74) is 1.56. The van der Waals surface area contributed by atoms with E-state index in [1.165, 1.54) is 10.9 Å². The average molecular weight is 401 g/mol. The Morgan fingerprint density at radius 3 is 2.75 bits per heavy atom. The van der Waals surface area contributed by atoms with Gasteiger partial charge in [0.1, 0.15) is 23.4 Å². The number of aromatic nitrogens is 2. The molecule has 1 aromatic carbocycles. The van der Waals surface area contributed by atoms with Gasteiger partial charge in [0.2, 0.25) is 5.91 Å². The van der Waals surface area contributed by atoms with Crippen molar-refractivity contribution in [1.82, 2.24) is 14.5 Å². The minimum Gasteiger partial charge on any atom is -0.497 e. The summed E-state index contributed by atoms with van der Waals surface area (Å²) >= 11 is 1.68. The number of benzene rings is 1. The van der Waals surface area contributed by atoms with Crippen LogP contribution in [-0.4, -0.2) is 46.9 Å². The molecule has 1 aromatic heterocycles. The molecule has 1 saturated heterocycles. The van der Waals surface area contributed by atoms with Crippen LogP contribution in [0.1, 0.15) is 35.4 Å². The van der Waals surface area contributed by atoms with Crippen LogP contribution in [0.3, 0.4) is 0 Å². The molecule has 0 radical (unpaired) electrons. The number of methoxy groups -OCH3 is 2. The molecule has 2 fully saturated rings. The summed E-state index contributed by atoms with van der Waals surface area (Å²) in [7, 11) is 3.23. The Morgan fingerprint density at radius 2 is 2.07 bits per heavy atom. The Balaban J connectivity index is 1.55. The van der Waals surface area contributed by atoms with Crippen LogP contribution in [0, 0.1) is 0 Å². The molecule has 2 aromatic rings. The SMILES string of the molecule is COc1ccc(OC)c(C2SCCN2C(=O)Cn2cnc(C3CC3)cc2=O)c1. The summed E-state index contributed by atoms with van der Waals surface area (Å²) in [6.07, 6.45) is 3.67. The highest BCUT2D eigenvalue weighted by Crippen LogP contribution is 2.43. The quantitative estimate of drug-likeness (QED) is 0.740. The van der Waals surface area contributed by atoms with Crippen LogP contribution in [0.5, 0.6) is 11.5 Å². The van der Waals surface area contributed by atoms with Gasteiger partial charge >= 0.3 is 0 Å². The van der Waals surface area contributed by atoms with E-state index in [0.29, 0.717) is 24.0 Å². The number of carbonyl (C=O) groups is 1. The van der Waals surface area contributed by atoms with E-state index in [4.69, 9.17) is 9.47 Å². The molecule has 4 rings (SSSR count). The third-order valence-electron chi connectivity index (χ3n) is 5.12. The van der Waals surface area contributed by atoms with Gasteiger partial charge in [-0.2, -0.15) is 0 Å². The van der Waals surface area contributed by atoms with Crippen molar-refractivity contribution >= 4 is 17.7 Å². The van der Waals surface area contributed by atoms with Crippen LogP contribution in [0.15, 0.2) is 35.4 Å². The van der Waals surface area contributed by atoms with Gasteiger partial charge < -0.3 is 14.4 Å². The monoisotopic (exact) mass is 401 g/mol. The fourth-order valence-corrected chi connectivity index (χ4v) is 4.71. The second-order valence-corrected chi connectivity index (χ2v) is 8.16. The molecule has 0 spiro atoms. The van der Waals surface area contributed by atoms with Crippen molar-refractivity contribution in [3.8, 4) is 11.5 Å². The Labute approximate surface area is 167 Å². The summed E-state index contributed by atoms with van der Waals surface area (Å²) in [5, 5.41) is -0.174. The van der Waals surface area contributed by atoms with Gasteiger partial charge in [-0.3, -0.25) is 14.2 Å². The molecule has 7 nitrogen and oxygen atoms in total. The topological polar surface area (TPSA) is 73.7 Å². The van der Waals surface area contributed by atoms with Crippen LogP contribution in [0.2, 0.25) is 0 Å². The first-order valence-corrected chi connectivity index (χ1v) is 10.3. The van der Waals surface area contributed by atoms with E-state index in [-0.39, 0.29) is 23.4 Å². The van der Waals surface area contributed by atoms with Crippen molar-refractivity contribution in [3.05, 3.63) is 52.2 Å². The molecule has 0 N–H and O–H groups in total. The summed E-state index contributed by atoms with van der Waals surface area (Å²) in [6, 6.07) is 7.15. The molecule has 8 heteroatoms. The minimum atomic E-state index is -0.174. The van der Waals surface area contributed by atoms with Crippen LogP contribution in [0.25, 0.3) is 0 Å². The zero-order chi connectivity index (χ0) is 19.7. The van der Waals surface area contributed by atoms with Gasteiger partial charge in [-0.25, -0.2) is 4.98 Å². The molecule has 1 unspecified atom stereocenters. The van der Waals surface area contributed by atoms with Crippen molar-refractivity contribution in [2.24, 2.45) is 0 Å². The van der Waals surface area contributed by atoms with Crippen LogP contribution in [-0.2, 0) is 11.3 Å². The predicted molar refractivity (Wildman–Crippen MR) is 107 cm³/mol. The van der Waals surface area contributed by atoms with E-state index in [1.807, 2.05) is 18.2 Å². The lowest BCUT2D eigenvalue weighted by molar-refractivity contribution is -0.132. The zero-order valence-electron chi connectivity index (χ0n) is 16.0. The number of hydrogen-bond donors (Lipinski definition) is 0. The second kappa shape index (κ2) is 7.87. The van der Waals surface area contributed by atoms with E-state index in [0.717, 1.165) is 29.9 Å². The lowest BCUT2D eigenvalue weighted by Gasteiger charge is -2.26. The van der Waals surface area contributed by atoms with Gasteiger partial charge in [0.25, 0.3) is 5.56 Å². The Hall–Kier alpha value is -2.48. The fraction of sp³-hybridized carbons (Fsp3) is 0.450. The normalized spacial score (nSPS) is 18.9. The molecule has 1 aliphatic carbocycles. The fourth-order valence-electron chi connectivity index (χ4n) is 3.41. The maximum atomic E-state index is 13.0. The molecule has 1 amide bonds. The maximum Gasteiger partial charge on any atom is 0.254 e. The van der Waals surface area contributed by atoms with E-state index in [1.54, 1.807) is 36.9 Å². The summed E-state index contributed by atoms with van der Waals surface area (Å²) in [6.45, 7) is 0.608. The first kappa shape index (κ1) is 18.9. The van der Waals surface area contributed by atoms with Crippen molar-refractivity contribution < 1.29 is 14.3 Å². The Bertz CT molecular complexity index is 941. The highest BCUT2D eigenvalue weighted by molar-refractivity contribution is 7.99.